The van der Waals surface area contributed by atoms with E-state index in [2.05, 4.69) is 9.97 Å². The summed E-state index contributed by atoms with van der Waals surface area (Å²) < 4.78 is 86.0. The Morgan fingerprint density at radius 1 is 0.897 bits per heavy atom. The molecule has 29 heavy (non-hydrogen) atoms. The fraction of sp³-hybridized carbons (Fsp3) is 0.333. The second-order valence-corrected chi connectivity index (χ2v) is 6.50. The van der Waals surface area contributed by atoms with Crippen LogP contribution in [0.3, 0.4) is 0 Å². The number of anilines is 1. The van der Waals surface area contributed by atoms with Crippen LogP contribution in [0.1, 0.15) is 11.1 Å². The molecular weight excluding hydrogens is 402 g/mol. The first kappa shape index (κ1) is 19.5. The molecule has 0 saturated carbocycles. The Morgan fingerprint density at radius 3 is 2.10 bits per heavy atom. The molecule has 1 aliphatic heterocycles. The predicted molar refractivity (Wildman–Crippen MR) is 91.5 cm³/mol. The average Bonchev–Trinajstić information content (AvgIpc) is 3.15. The molecular formula is C18H14F6N4O. The van der Waals surface area contributed by atoms with Crippen LogP contribution in [-0.4, -0.2) is 40.7 Å². The summed E-state index contributed by atoms with van der Waals surface area (Å²) in [5.41, 5.74) is -2.62. The van der Waals surface area contributed by atoms with Gasteiger partial charge in [0.15, 0.2) is 11.5 Å². The van der Waals surface area contributed by atoms with Gasteiger partial charge in [0.2, 0.25) is 0 Å². The van der Waals surface area contributed by atoms with Crippen LogP contribution in [0.5, 0.6) is 0 Å². The molecule has 0 aliphatic carbocycles. The smallest absolute Gasteiger partial charge is 0.378 e. The van der Waals surface area contributed by atoms with E-state index in [9.17, 15) is 26.3 Å². The van der Waals surface area contributed by atoms with Gasteiger partial charge in [-0.3, -0.25) is 0 Å². The summed E-state index contributed by atoms with van der Waals surface area (Å²) in [5.74, 6) is 0.377. The lowest BCUT2D eigenvalue weighted by atomic mass is 10.0. The van der Waals surface area contributed by atoms with Crippen molar-refractivity contribution in [1.82, 2.24) is 14.4 Å². The van der Waals surface area contributed by atoms with Crippen LogP contribution in [0.15, 0.2) is 36.8 Å². The predicted octanol–water partition coefficient (Wildman–Crippen LogP) is 4.27. The molecule has 2 aromatic heterocycles. The fourth-order valence-electron chi connectivity index (χ4n) is 3.14. The quantitative estimate of drug-likeness (QED) is 0.586. The average molecular weight is 416 g/mol. The van der Waals surface area contributed by atoms with E-state index in [1.165, 1.54) is 16.8 Å². The highest BCUT2D eigenvalue weighted by Gasteiger charge is 2.37. The van der Waals surface area contributed by atoms with E-state index in [-0.39, 0.29) is 17.3 Å². The molecule has 0 amide bonds. The second-order valence-electron chi connectivity index (χ2n) is 6.50. The number of alkyl halides is 6. The van der Waals surface area contributed by atoms with Crippen molar-refractivity contribution < 1.29 is 31.1 Å². The topological polar surface area (TPSA) is 42.7 Å². The van der Waals surface area contributed by atoms with Crippen LogP contribution in [-0.2, 0) is 17.1 Å². The number of nitrogens with zero attached hydrogens (tertiary/aromatic N) is 4. The van der Waals surface area contributed by atoms with E-state index >= 15 is 0 Å². The van der Waals surface area contributed by atoms with Crippen molar-refractivity contribution >= 4 is 11.5 Å². The van der Waals surface area contributed by atoms with Gasteiger partial charge in [-0.1, -0.05) is 0 Å². The zero-order valence-corrected chi connectivity index (χ0v) is 14.8. The third kappa shape index (κ3) is 3.86. The van der Waals surface area contributed by atoms with Crippen molar-refractivity contribution in [2.24, 2.45) is 0 Å². The molecule has 5 nitrogen and oxygen atoms in total. The summed E-state index contributed by atoms with van der Waals surface area (Å²) in [5, 5.41) is 0. The molecule has 154 valence electrons. The fourth-order valence-corrected chi connectivity index (χ4v) is 3.14. The number of halogens is 6. The van der Waals surface area contributed by atoms with Crippen LogP contribution in [0, 0.1) is 0 Å². The maximum atomic E-state index is 13.2. The first-order valence-corrected chi connectivity index (χ1v) is 8.59. The number of rotatable bonds is 2. The van der Waals surface area contributed by atoms with Gasteiger partial charge >= 0.3 is 12.4 Å². The maximum Gasteiger partial charge on any atom is 0.416 e. The summed E-state index contributed by atoms with van der Waals surface area (Å²) in [6.45, 7) is 1.83. The van der Waals surface area contributed by atoms with Gasteiger partial charge in [0.1, 0.15) is 0 Å². The summed E-state index contributed by atoms with van der Waals surface area (Å²) in [6, 6.07) is 1.44. The second kappa shape index (κ2) is 6.90. The molecule has 3 aromatic rings. The Labute approximate surface area is 160 Å². The number of hydrogen-bond donors (Lipinski definition) is 0. The van der Waals surface area contributed by atoms with E-state index in [4.69, 9.17) is 4.74 Å². The summed E-state index contributed by atoms with van der Waals surface area (Å²) in [4.78, 5) is 10.4. The molecule has 1 aliphatic rings. The van der Waals surface area contributed by atoms with E-state index in [1.807, 2.05) is 4.90 Å². The number of fused-ring (bicyclic) bond motifs is 1. The van der Waals surface area contributed by atoms with Gasteiger partial charge in [-0.2, -0.15) is 26.3 Å². The molecule has 0 bridgehead atoms. The Hall–Kier alpha value is -2.82. The molecule has 4 rings (SSSR count). The number of ether oxygens (including phenoxy) is 1. The van der Waals surface area contributed by atoms with Gasteiger partial charge in [-0.15, -0.1) is 0 Å². The van der Waals surface area contributed by atoms with Crippen molar-refractivity contribution in [2.45, 2.75) is 12.4 Å². The van der Waals surface area contributed by atoms with Gasteiger partial charge in [-0.05, 0) is 18.2 Å². The third-order valence-corrected chi connectivity index (χ3v) is 4.55. The Bertz CT molecular complexity index is 1000. The Morgan fingerprint density at radius 2 is 1.52 bits per heavy atom. The van der Waals surface area contributed by atoms with Gasteiger partial charge in [0, 0.05) is 37.2 Å². The molecule has 1 fully saturated rings. The standard InChI is InChI=1S/C18H14F6N4O/c19-17(20,21)12-7-11(8-13(9-12)18(22,23)24)14-10-28-2-1-25-15(28)16(26-14)27-3-5-29-6-4-27/h1-2,7-10H,3-6H2. The lowest BCUT2D eigenvalue weighted by Gasteiger charge is -2.28. The zero-order chi connectivity index (χ0) is 20.8. The highest BCUT2D eigenvalue weighted by Crippen LogP contribution is 2.38. The molecule has 11 heteroatoms. The van der Waals surface area contributed by atoms with Crippen LogP contribution in [0.4, 0.5) is 32.2 Å². The van der Waals surface area contributed by atoms with Crippen LogP contribution in [0.2, 0.25) is 0 Å². The summed E-state index contributed by atoms with van der Waals surface area (Å²) in [7, 11) is 0. The van der Waals surface area contributed by atoms with Crippen molar-refractivity contribution in [1.29, 1.82) is 0 Å². The summed E-state index contributed by atoms with van der Waals surface area (Å²) in [6.07, 6.45) is -5.45. The number of hydrogen-bond acceptors (Lipinski definition) is 4. The lowest BCUT2D eigenvalue weighted by molar-refractivity contribution is -0.143. The van der Waals surface area contributed by atoms with E-state index in [1.54, 1.807) is 6.20 Å². The summed E-state index contributed by atoms with van der Waals surface area (Å²) >= 11 is 0. The normalized spacial score (nSPS) is 15.9. The number of morpholine rings is 1. The minimum atomic E-state index is -4.93. The third-order valence-electron chi connectivity index (χ3n) is 4.55. The van der Waals surface area contributed by atoms with Crippen molar-refractivity contribution in [3.8, 4) is 11.3 Å². The Balaban J connectivity index is 1.90. The van der Waals surface area contributed by atoms with E-state index in [0.29, 0.717) is 49.9 Å². The highest BCUT2D eigenvalue weighted by molar-refractivity contribution is 5.71. The van der Waals surface area contributed by atoms with Crippen LogP contribution >= 0.6 is 0 Å². The van der Waals surface area contributed by atoms with Gasteiger partial charge < -0.3 is 14.0 Å². The maximum absolute atomic E-state index is 13.2. The molecule has 0 atom stereocenters. The molecule has 0 spiro atoms. The van der Waals surface area contributed by atoms with Crippen molar-refractivity contribution in [3.05, 3.63) is 47.9 Å². The van der Waals surface area contributed by atoms with Gasteiger partial charge in [0.05, 0.1) is 30.0 Å². The number of aromatic nitrogens is 3. The molecule has 3 heterocycles. The molecule has 1 aromatic carbocycles. The largest absolute Gasteiger partial charge is 0.416 e. The van der Waals surface area contributed by atoms with Gasteiger partial charge in [0.25, 0.3) is 0 Å². The van der Waals surface area contributed by atoms with Crippen molar-refractivity contribution in [3.63, 3.8) is 0 Å². The first-order chi connectivity index (χ1) is 13.6. The SMILES string of the molecule is FC(F)(F)c1cc(-c2cn3ccnc3c(N3CCOCC3)n2)cc(C(F)(F)F)c1. The molecule has 0 N–H and O–H groups in total. The lowest BCUT2D eigenvalue weighted by Crippen LogP contribution is -2.37. The monoisotopic (exact) mass is 416 g/mol. The van der Waals surface area contributed by atoms with E-state index in [0.717, 1.165) is 0 Å². The van der Waals surface area contributed by atoms with E-state index < -0.39 is 23.5 Å². The van der Waals surface area contributed by atoms with Crippen molar-refractivity contribution in [2.75, 3.05) is 31.2 Å². The first-order valence-electron chi connectivity index (χ1n) is 8.59. The van der Waals surface area contributed by atoms with Crippen LogP contribution in [0.25, 0.3) is 16.9 Å². The molecule has 0 unspecified atom stereocenters. The molecule has 1 saturated heterocycles. The minimum Gasteiger partial charge on any atom is -0.378 e. The molecule has 0 radical (unpaired) electrons. The highest BCUT2D eigenvalue weighted by atomic mass is 19.4. The minimum absolute atomic E-state index is 0.0198. The zero-order valence-electron chi connectivity index (χ0n) is 14.8. The Kier molecular flexibility index (Phi) is 4.64. The van der Waals surface area contributed by atoms with Gasteiger partial charge in [-0.25, -0.2) is 9.97 Å². The van der Waals surface area contributed by atoms with Crippen LogP contribution < -0.4 is 4.90 Å². The number of imidazole rings is 1. The number of benzene rings is 1.